The number of aliphatic hydroxyl groups excluding tert-OH is 1. The zero-order valence-corrected chi connectivity index (χ0v) is 20.5. The van der Waals surface area contributed by atoms with E-state index >= 15 is 0 Å². The van der Waals surface area contributed by atoms with Crippen molar-refractivity contribution in [1.82, 2.24) is 9.55 Å². The van der Waals surface area contributed by atoms with Crippen molar-refractivity contribution in [2.24, 2.45) is 5.73 Å². The summed E-state index contributed by atoms with van der Waals surface area (Å²) in [5.41, 5.74) is 9.15. The van der Waals surface area contributed by atoms with Gasteiger partial charge in [-0.15, -0.1) is 5.92 Å². The highest BCUT2D eigenvalue weighted by molar-refractivity contribution is 7.66. The first-order chi connectivity index (χ1) is 15.3. The van der Waals surface area contributed by atoms with Crippen LogP contribution < -0.4 is 17.2 Å². The van der Waals surface area contributed by atoms with Crippen molar-refractivity contribution in [3.63, 3.8) is 0 Å². The third-order valence-electron chi connectivity index (χ3n) is 4.42. The van der Waals surface area contributed by atoms with Crippen LogP contribution in [0.25, 0.3) is 0 Å². The molecule has 0 bridgehead atoms. The molecule has 1 aromatic rings. The molecular formula is C14H23N4O13P3. The Morgan fingerprint density at radius 1 is 1.24 bits per heavy atom. The molecule has 0 radical (unpaired) electrons. The molecule has 1 fully saturated rings. The van der Waals surface area contributed by atoms with Crippen LogP contribution in [-0.4, -0.2) is 58.1 Å². The highest BCUT2D eigenvalue weighted by Crippen LogP contribution is 2.66. The summed E-state index contributed by atoms with van der Waals surface area (Å²) in [5.74, 6) is 4.91. The summed E-state index contributed by atoms with van der Waals surface area (Å²) < 4.78 is 53.0. The Balaban J connectivity index is 2.37. The van der Waals surface area contributed by atoms with Gasteiger partial charge in [-0.3, -0.25) is 9.09 Å². The largest absolute Gasteiger partial charge is 0.490 e. The summed E-state index contributed by atoms with van der Waals surface area (Å²) in [6.07, 6.45) is -6.47. The van der Waals surface area contributed by atoms with Gasteiger partial charge in [-0.1, -0.05) is 5.92 Å². The predicted octanol–water partition coefficient (Wildman–Crippen LogP) is -1.16. The minimum absolute atomic E-state index is 0.0981. The number of nitrogens with two attached hydrogens (primary N) is 2. The molecule has 1 aromatic heterocycles. The van der Waals surface area contributed by atoms with E-state index in [0.717, 1.165) is 11.5 Å². The van der Waals surface area contributed by atoms with Crippen molar-refractivity contribution in [3.05, 3.63) is 22.2 Å². The number of anilines is 1. The number of hydrogen-bond acceptors (Lipinski definition) is 12. The number of hydrogen-bond donors (Lipinski definition) is 7. The SMILES string of the molecule is CC#CC1(N)C(O)[C@@H]([C@H](C)OP(=O)(O)OP(=O)(O)OP(=O)(O)O)O[C@H]1n1c(C)cc(N)nc1=O. The first-order valence-electron chi connectivity index (χ1n) is 9.06. The smallest absolute Gasteiger partial charge is 0.387 e. The minimum Gasteiger partial charge on any atom is -0.387 e. The van der Waals surface area contributed by atoms with Crippen LogP contribution in [0.4, 0.5) is 5.82 Å². The molecule has 17 nitrogen and oxygen atoms in total. The van der Waals surface area contributed by atoms with Crippen molar-refractivity contribution in [2.45, 2.75) is 50.8 Å². The van der Waals surface area contributed by atoms with Crippen LogP contribution in [0.1, 0.15) is 25.8 Å². The van der Waals surface area contributed by atoms with E-state index < -0.39 is 59.2 Å². The molecule has 192 valence electrons. The maximum absolute atomic E-state index is 12.5. The Morgan fingerprint density at radius 2 is 1.82 bits per heavy atom. The fourth-order valence-electron chi connectivity index (χ4n) is 3.23. The van der Waals surface area contributed by atoms with Gasteiger partial charge in [-0.2, -0.15) is 13.6 Å². The zero-order valence-electron chi connectivity index (χ0n) is 17.8. The number of phosphoric ester groups is 1. The van der Waals surface area contributed by atoms with Crippen LogP contribution in [0.15, 0.2) is 10.9 Å². The van der Waals surface area contributed by atoms with Crippen molar-refractivity contribution in [1.29, 1.82) is 0 Å². The monoisotopic (exact) mass is 548 g/mol. The topological polar surface area (TPSA) is 276 Å². The number of ether oxygens (including phenoxy) is 1. The van der Waals surface area contributed by atoms with Gasteiger partial charge in [-0.25, -0.2) is 18.5 Å². The van der Waals surface area contributed by atoms with Gasteiger partial charge in [0, 0.05) is 5.69 Å². The average molecular weight is 548 g/mol. The maximum Gasteiger partial charge on any atom is 0.490 e. The van der Waals surface area contributed by atoms with Gasteiger partial charge >= 0.3 is 29.2 Å². The summed E-state index contributed by atoms with van der Waals surface area (Å²) >= 11 is 0. The zero-order chi connectivity index (χ0) is 26.3. The van der Waals surface area contributed by atoms with E-state index in [1.54, 1.807) is 0 Å². The molecule has 2 heterocycles. The summed E-state index contributed by atoms with van der Waals surface area (Å²) in [4.78, 5) is 52.3. The maximum atomic E-state index is 12.5. The number of nitrogens with zero attached hydrogens (tertiary/aromatic N) is 2. The van der Waals surface area contributed by atoms with Gasteiger partial charge in [0.2, 0.25) is 0 Å². The Bertz CT molecular complexity index is 1210. The van der Waals surface area contributed by atoms with Crippen molar-refractivity contribution >= 4 is 29.3 Å². The van der Waals surface area contributed by atoms with E-state index in [9.17, 15) is 33.4 Å². The van der Waals surface area contributed by atoms with Gasteiger partial charge < -0.3 is 40.9 Å². The van der Waals surface area contributed by atoms with Crippen LogP contribution in [0.5, 0.6) is 0 Å². The van der Waals surface area contributed by atoms with Crippen LogP contribution in [-0.2, 0) is 31.6 Å². The van der Waals surface area contributed by atoms with E-state index in [4.69, 9.17) is 26.0 Å². The molecule has 1 aliphatic heterocycles. The lowest BCUT2D eigenvalue weighted by molar-refractivity contribution is -0.0760. The van der Waals surface area contributed by atoms with Crippen LogP contribution in [0.3, 0.4) is 0 Å². The summed E-state index contributed by atoms with van der Waals surface area (Å²) in [7, 11) is -16.9. The second-order valence-corrected chi connectivity index (χ2v) is 11.5. The van der Waals surface area contributed by atoms with E-state index in [1.807, 2.05) is 0 Å². The van der Waals surface area contributed by atoms with E-state index in [1.165, 1.54) is 19.9 Å². The molecule has 1 saturated heterocycles. The Morgan fingerprint density at radius 3 is 2.32 bits per heavy atom. The van der Waals surface area contributed by atoms with E-state index in [-0.39, 0.29) is 11.5 Å². The van der Waals surface area contributed by atoms with Gasteiger partial charge in [0.15, 0.2) is 11.8 Å². The van der Waals surface area contributed by atoms with Crippen LogP contribution >= 0.6 is 23.5 Å². The van der Waals surface area contributed by atoms with Gasteiger partial charge in [0.1, 0.15) is 18.0 Å². The van der Waals surface area contributed by atoms with Crippen LogP contribution in [0, 0.1) is 18.8 Å². The van der Waals surface area contributed by atoms with Gasteiger partial charge in [0.05, 0.1) is 6.10 Å². The Kier molecular flexibility index (Phi) is 8.36. The molecule has 34 heavy (non-hydrogen) atoms. The quantitative estimate of drug-likeness (QED) is 0.149. The molecule has 7 atom stereocenters. The standard InChI is InChI=1S/C14H23N4O13P3/c1-4-5-14(16)11(19)10(28-12(14)18-7(2)6-9(15)17-13(18)20)8(3)29-33(24,25)31-34(26,27)30-32(21,22)23/h6,8,10-12,19H,16H2,1-3H3,(H,24,25)(H,26,27)(H2,15,17,20)(H2,21,22,23)/t8-,10+,11?,12+,14?/m0/s1. The molecular weight excluding hydrogens is 525 g/mol. The molecule has 0 spiro atoms. The first-order valence-corrected chi connectivity index (χ1v) is 13.6. The number of aliphatic hydroxyl groups is 1. The van der Waals surface area contributed by atoms with Crippen molar-refractivity contribution in [2.75, 3.05) is 5.73 Å². The predicted molar refractivity (Wildman–Crippen MR) is 112 cm³/mol. The van der Waals surface area contributed by atoms with E-state index in [2.05, 4.69) is 30.0 Å². The lowest BCUT2D eigenvalue weighted by Crippen LogP contribution is -2.55. The number of nitrogen functional groups attached to an aromatic ring is 1. The Labute approximate surface area is 192 Å². The molecule has 2 rings (SSSR count). The molecule has 0 aliphatic carbocycles. The van der Waals surface area contributed by atoms with Crippen molar-refractivity contribution in [3.8, 4) is 11.8 Å². The fraction of sp³-hybridized carbons (Fsp3) is 0.571. The van der Waals surface area contributed by atoms with Gasteiger partial charge in [-0.05, 0) is 26.8 Å². The fourth-order valence-corrected chi connectivity index (χ4v) is 6.43. The number of rotatable bonds is 8. The molecule has 4 unspecified atom stereocenters. The Hall–Kier alpha value is -1.47. The third-order valence-corrected chi connectivity index (χ3v) is 8.34. The first kappa shape index (κ1) is 28.8. The van der Waals surface area contributed by atoms with Gasteiger partial charge in [0.25, 0.3) is 0 Å². The molecule has 0 saturated carbocycles. The molecule has 1 aliphatic rings. The summed E-state index contributed by atoms with van der Waals surface area (Å²) in [6, 6.07) is 1.32. The minimum atomic E-state index is -5.77. The average Bonchev–Trinajstić information content (AvgIpc) is 2.83. The molecule has 9 N–H and O–H groups in total. The normalized spacial score (nSPS) is 29.5. The highest BCUT2D eigenvalue weighted by atomic mass is 31.3. The second-order valence-electron chi connectivity index (χ2n) is 7.08. The molecule has 20 heteroatoms. The van der Waals surface area contributed by atoms with Crippen LogP contribution in [0.2, 0.25) is 0 Å². The molecule has 0 amide bonds. The molecule has 0 aromatic carbocycles. The lowest BCUT2D eigenvalue weighted by atomic mass is 9.90. The number of phosphoric acid groups is 3. The number of aryl methyl sites for hydroxylation is 1. The highest BCUT2D eigenvalue weighted by Gasteiger charge is 2.57. The summed E-state index contributed by atoms with van der Waals surface area (Å²) in [6.45, 7) is 3.93. The second kappa shape index (κ2) is 9.88. The van der Waals surface area contributed by atoms with E-state index in [0.29, 0.717) is 0 Å². The number of aromatic nitrogens is 2. The summed E-state index contributed by atoms with van der Waals surface area (Å²) in [5, 5.41) is 10.8. The van der Waals surface area contributed by atoms with Crippen molar-refractivity contribution < 1.29 is 56.3 Å². The third kappa shape index (κ3) is 6.60. The lowest BCUT2D eigenvalue weighted by Gasteiger charge is -2.29.